The van der Waals surface area contributed by atoms with Crippen LogP contribution in [0.4, 0.5) is 0 Å². The molecule has 0 amide bonds. The Morgan fingerprint density at radius 3 is 2.78 bits per heavy atom. The minimum Gasteiger partial charge on any atom is -0.380 e. The van der Waals surface area contributed by atoms with Crippen LogP contribution in [0.3, 0.4) is 0 Å². The van der Waals surface area contributed by atoms with Gasteiger partial charge in [-0.05, 0) is 32.3 Å². The number of rotatable bonds is 4. The first-order chi connectivity index (χ1) is 8.70. The molecular formula is C16H25NO. The van der Waals surface area contributed by atoms with Crippen LogP contribution >= 0.6 is 0 Å². The summed E-state index contributed by atoms with van der Waals surface area (Å²) in [6, 6.07) is 9.65. The van der Waals surface area contributed by atoms with Crippen molar-refractivity contribution in [2.45, 2.75) is 57.7 Å². The molecule has 3 atom stereocenters. The standard InChI is InChI=1S/C16H25NO/c1-12-7-6-8-14(11-12)13(2)17-15-9-4-5-10-16(15)18-3/h6-8,11,13,15-17H,4-5,9-10H2,1-3H3/t13-,15?,16?/m0/s1. The van der Waals surface area contributed by atoms with Crippen LogP contribution in [-0.4, -0.2) is 19.3 Å². The molecule has 1 aromatic rings. The lowest BCUT2D eigenvalue weighted by Gasteiger charge is -2.33. The predicted molar refractivity (Wildman–Crippen MR) is 75.8 cm³/mol. The zero-order valence-corrected chi connectivity index (χ0v) is 11.8. The zero-order valence-electron chi connectivity index (χ0n) is 11.8. The molecule has 0 aromatic heterocycles. The van der Waals surface area contributed by atoms with Gasteiger partial charge in [0.2, 0.25) is 0 Å². The highest BCUT2D eigenvalue weighted by Crippen LogP contribution is 2.24. The second-order valence-corrected chi connectivity index (χ2v) is 5.47. The monoisotopic (exact) mass is 247 g/mol. The molecule has 100 valence electrons. The van der Waals surface area contributed by atoms with Crippen LogP contribution in [0, 0.1) is 6.92 Å². The van der Waals surface area contributed by atoms with E-state index < -0.39 is 0 Å². The van der Waals surface area contributed by atoms with E-state index >= 15 is 0 Å². The third-order valence-corrected chi connectivity index (χ3v) is 4.01. The average molecular weight is 247 g/mol. The molecule has 0 bridgehead atoms. The summed E-state index contributed by atoms with van der Waals surface area (Å²) in [5.74, 6) is 0. The van der Waals surface area contributed by atoms with Gasteiger partial charge in [0.25, 0.3) is 0 Å². The lowest BCUT2D eigenvalue weighted by Crippen LogP contribution is -2.44. The van der Waals surface area contributed by atoms with Crippen molar-refractivity contribution < 1.29 is 4.74 Å². The molecule has 18 heavy (non-hydrogen) atoms. The van der Waals surface area contributed by atoms with Crippen LogP contribution in [-0.2, 0) is 4.74 Å². The Hall–Kier alpha value is -0.860. The topological polar surface area (TPSA) is 21.3 Å². The van der Waals surface area contributed by atoms with Crippen molar-refractivity contribution in [2.75, 3.05) is 7.11 Å². The molecular weight excluding hydrogens is 222 g/mol. The van der Waals surface area contributed by atoms with Gasteiger partial charge in [-0.25, -0.2) is 0 Å². The molecule has 0 aliphatic heterocycles. The van der Waals surface area contributed by atoms with E-state index in [1.54, 1.807) is 0 Å². The second-order valence-electron chi connectivity index (χ2n) is 5.47. The van der Waals surface area contributed by atoms with E-state index in [1.165, 1.54) is 36.8 Å². The van der Waals surface area contributed by atoms with Crippen LogP contribution in [0.5, 0.6) is 0 Å². The van der Waals surface area contributed by atoms with E-state index in [0.717, 1.165) is 0 Å². The fraction of sp³-hybridized carbons (Fsp3) is 0.625. The summed E-state index contributed by atoms with van der Waals surface area (Å²) in [7, 11) is 1.84. The van der Waals surface area contributed by atoms with Crippen LogP contribution in [0.2, 0.25) is 0 Å². The maximum absolute atomic E-state index is 5.60. The maximum atomic E-state index is 5.60. The summed E-state index contributed by atoms with van der Waals surface area (Å²) in [5, 5.41) is 3.74. The SMILES string of the molecule is COC1CCCCC1N[C@@H](C)c1cccc(C)c1. The molecule has 2 rings (SSSR count). The molecule has 1 aliphatic carbocycles. The molecule has 0 heterocycles. The minimum absolute atomic E-state index is 0.381. The Morgan fingerprint density at radius 1 is 1.28 bits per heavy atom. The van der Waals surface area contributed by atoms with E-state index in [2.05, 4.69) is 43.4 Å². The molecule has 1 aliphatic rings. The number of benzene rings is 1. The van der Waals surface area contributed by atoms with Gasteiger partial charge in [0, 0.05) is 19.2 Å². The number of aryl methyl sites for hydroxylation is 1. The number of ether oxygens (including phenoxy) is 1. The first-order valence-corrected chi connectivity index (χ1v) is 7.06. The molecule has 2 nitrogen and oxygen atoms in total. The Morgan fingerprint density at radius 2 is 2.06 bits per heavy atom. The minimum atomic E-state index is 0.381. The molecule has 1 aromatic carbocycles. The predicted octanol–water partition coefficient (Wildman–Crippen LogP) is 3.60. The lowest BCUT2D eigenvalue weighted by atomic mass is 9.91. The van der Waals surface area contributed by atoms with Gasteiger partial charge in [0.15, 0.2) is 0 Å². The summed E-state index contributed by atoms with van der Waals surface area (Å²) in [6.07, 6.45) is 5.42. The van der Waals surface area contributed by atoms with Crippen molar-refractivity contribution in [1.82, 2.24) is 5.32 Å². The van der Waals surface area contributed by atoms with Crippen molar-refractivity contribution in [3.8, 4) is 0 Å². The molecule has 1 N–H and O–H groups in total. The van der Waals surface area contributed by atoms with Crippen LogP contribution in [0.1, 0.15) is 49.8 Å². The Labute approximate surface area is 111 Å². The first-order valence-electron chi connectivity index (χ1n) is 7.06. The van der Waals surface area contributed by atoms with Crippen molar-refractivity contribution in [2.24, 2.45) is 0 Å². The number of nitrogens with one attached hydrogen (secondary N) is 1. The molecule has 2 heteroatoms. The summed E-state index contributed by atoms with van der Waals surface area (Å²) < 4.78 is 5.60. The third kappa shape index (κ3) is 3.33. The van der Waals surface area contributed by atoms with Crippen LogP contribution in [0.15, 0.2) is 24.3 Å². The summed E-state index contributed by atoms with van der Waals surface area (Å²) in [5.41, 5.74) is 2.70. The molecule has 1 fully saturated rings. The highest BCUT2D eigenvalue weighted by molar-refractivity contribution is 5.24. The summed E-state index contributed by atoms with van der Waals surface area (Å²) in [4.78, 5) is 0. The van der Waals surface area contributed by atoms with Gasteiger partial charge in [-0.15, -0.1) is 0 Å². The van der Waals surface area contributed by atoms with Gasteiger partial charge in [-0.2, -0.15) is 0 Å². The fourth-order valence-corrected chi connectivity index (χ4v) is 2.93. The zero-order chi connectivity index (χ0) is 13.0. The largest absolute Gasteiger partial charge is 0.380 e. The molecule has 1 saturated carbocycles. The van der Waals surface area contributed by atoms with E-state index in [9.17, 15) is 0 Å². The van der Waals surface area contributed by atoms with Gasteiger partial charge in [0.1, 0.15) is 0 Å². The highest BCUT2D eigenvalue weighted by Gasteiger charge is 2.26. The lowest BCUT2D eigenvalue weighted by molar-refractivity contribution is 0.0384. The van der Waals surface area contributed by atoms with E-state index in [1.807, 2.05) is 7.11 Å². The van der Waals surface area contributed by atoms with Crippen LogP contribution < -0.4 is 5.32 Å². The maximum Gasteiger partial charge on any atom is 0.0724 e. The average Bonchev–Trinajstić information content (AvgIpc) is 2.39. The number of hydrogen-bond acceptors (Lipinski definition) is 2. The summed E-state index contributed by atoms with van der Waals surface area (Å²) >= 11 is 0. The Kier molecular flexibility index (Phi) is 4.79. The van der Waals surface area contributed by atoms with Gasteiger partial charge in [-0.3, -0.25) is 0 Å². The van der Waals surface area contributed by atoms with Crippen molar-refractivity contribution in [3.63, 3.8) is 0 Å². The Balaban J connectivity index is 1.99. The van der Waals surface area contributed by atoms with Crippen molar-refractivity contribution >= 4 is 0 Å². The molecule has 2 unspecified atom stereocenters. The smallest absolute Gasteiger partial charge is 0.0724 e. The Bertz CT molecular complexity index is 377. The third-order valence-electron chi connectivity index (χ3n) is 4.01. The van der Waals surface area contributed by atoms with Crippen molar-refractivity contribution in [1.29, 1.82) is 0 Å². The van der Waals surface area contributed by atoms with Crippen molar-refractivity contribution in [3.05, 3.63) is 35.4 Å². The van der Waals surface area contributed by atoms with E-state index in [-0.39, 0.29) is 0 Å². The highest BCUT2D eigenvalue weighted by atomic mass is 16.5. The van der Waals surface area contributed by atoms with E-state index in [0.29, 0.717) is 18.2 Å². The van der Waals surface area contributed by atoms with Gasteiger partial charge in [-0.1, -0.05) is 42.7 Å². The fourth-order valence-electron chi connectivity index (χ4n) is 2.93. The number of hydrogen-bond donors (Lipinski definition) is 1. The van der Waals surface area contributed by atoms with Crippen LogP contribution in [0.25, 0.3) is 0 Å². The van der Waals surface area contributed by atoms with Gasteiger partial charge >= 0.3 is 0 Å². The van der Waals surface area contributed by atoms with Gasteiger partial charge < -0.3 is 10.1 Å². The normalized spacial score (nSPS) is 25.9. The quantitative estimate of drug-likeness (QED) is 0.877. The molecule has 0 radical (unpaired) electrons. The first kappa shape index (κ1) is 13.6. The van der Waals surface area contributed by atoms with E-state index in [4.69, 9.17) is 4.74 Å². The molecule has 0 spiro atoms. The summed E-state index contributed by atoms with van der Waals surface area (Å²) in [6.45, 7) is 4.39. The number of methoxy groups -OCH3 is 1. The second kappa shape index (κ2) is 6.35. The van der Waals surface area contributed by atoms with Gasteiger partial charge in [0.05, 0.1) is 6.10 Å². The molecule has 0 saturated heterocycles.